The van der Waals surface area contributed by atoms with E-state index < -0.39 is 0 Å². The first-order chi connectivity index (χ1) is 23.1. The van der Waals surface area contributed by atoms with E-state index in [-0.39, 0.29) is 24.6 Å². The summed E-state index contributed by atoms with van der Waals surface area (Å²) < 4.78 is 5.74. The zero-order valence-electron chi connectivity index (χ0n) is 26.5. The van der Waals surface area contributed by atoms with Crippen molar-refractivity contribution in [1.29, 1.82) is 0 Å². The summed E-state index contributed by atoms with van der Waals surface area (Å²) >= 11 is 0. The molecule has 0 spiro atoms. The Hall–Kier alpha value is -5.22. The van der Waals surface area contributed by atoms with Gasteiger partial charge in [-0.2, -0.15) is 0 Å². The van der Waals surface area contributed by atoms with Gasteiger partial charge in [0.05, 0.1) is 13.1 Å². The van der Waals surface area contributed by atoms with E-state index in [0.29, 0.717) is 37.4 Å². The number of nitrogens with zero attached hydrogens (tertiary/aromatic N) is 4. The lowest BCUT2D eigenvalue weighted by molar-refractivity contribution is 0.0683. The maximum Gasteiger partial charge on any atom is 0.410 e. The zero-order chi connectivity index (χ0) is 32.3. The fraction of sp³-hybridized carbons (Fsp3) is 0.297. The van der Waals surface area contributed by atoms with Crippen molar-refractivity contribution in [1.82, 2.24) is 29.7 Å². The van der Waals surface area contributed by atoms with Crippen LogP contribution in [0.1, 0.15) is 70.8 Å². The molecule has 0 aliphatic heterocycles. The minimum Gasteiger partial charge on any atom is -0.445 e. The Kier molecular flexibility index (Phi) is 10.7. The summed E-state index contributed by atoms with van der Waals surface area (Å²) in [4.78, 5) is 45.5. The van der Waals surface area contributed by atoms with Crippen LogP contribution in [0.4, 0.5) is 10.5 Å². The normalized spacial score (nSPS) is 13.4. The maximum absolute atomic E-state index is 13.2. The number of benzene rings is 3. The van der Waals surface area contributed by atoms with Gasteiger partial charge in [0.1, 0.15) is 18.3 Å². The lowest BCUT2D eigenvalue weighted by Crippen LogP contribution is -2.41. The number of H-pyrrole nitrogens is 2. The molecule has 10 heteroatoms. The van der Waals surface area contributed by atoms with Crippen molar-refractivity contribution in [3.63, 3.8) is 0 Å². The Bertz CT molecular complexity index is 1630. The highest BCUT2D eigenvalue weighted by atomic mass is 16.6. The second-order valence-electron chi connectivity index (χ2n) is 12.0. The number of aromatic nitrogens is 4. The average Bonchev–Trinajstić information content (AvgIpc) is 3.83. The van der Waals surface area contributed by atoms with Crippen LogP contribution in [-0.2, 0) is 37.5 Å². The number of ether oxygens (including phenoxy) is 1. The van der Waals surface area contributed by atoms with Crippen molar-refractivity contribution in [3.05, 3.63) is 138 Å². The topological polar surface area (TPSA) is 119 Å². The molecule has 242 valence electrons. The molecule has 3 aromatic carbocycles. The van der Waals surface area contributed by atoms with Gasteiger partial charge in [-0.05, 0) is 53.8 Å². The molecule has 1 aliphatic rings. The van der Waals surface area contributed by atoms with Crippen molar-refractivity contribution >= 4 is 17.7 Å². The highest BCUT2D eigenvalue weighted by molar-refractivity contribution is 6.04. The number of amides is 2. The first kappa shape index (κ1) is 31.7. The van der Waals surface area contributed by atoms with E-state index in [1.54, 1.807) is 12.4 Å². The summed E-state index contributed by atoms with van der Waals surface area (Å²) in [7, 11) is 0. The predicted octanol–water partition coefficient (Wildman–Crippen LogP) is 7.06. The number of hydrogen-bond acceptors (Lipinski definition) is 6. The van der Waals surface area contributed by atoms with Crippen LogP contribution >= 0.6 is 0 Å². The number of hydrogen-bond donors (Lipinski definition) is 3. The van der Waals surface area contributed by atoms with Crippen LogP contribution in [0.5, 0.6) is 0 Å². The number of carbonyl (C=O) groups is 2. The number of rotatable bonds is 13. The quantitative estimate of drug-likeness (QED) is 0.128. The molecule has 2 aromatic heterocycles. The fourth-order valence-corrected chi connectivity index (χ4v) is 6.01. The first-order valence-electron chi connectivity index (χ1n) is 16.2. The van der Waals surface area contributed by atoms with Crippen molar-refractivity contribution in [3.8, 4) is 0 Å². The van der Waals surface area contributed by atoms with E-state index in [2.05, 4.69) is 30.2 Å². The number of anilines is 1. The molecular weight excluding hydrogens is 590 g/mol. The minimum absolute atomic E-state index is 0.164. The van der Waals surface area contributed by atoms with Gasteiger partial charge in [-0.1, -0.05) is 73.9 Å². The van der Waals surface area contributed by atoms with Gasteiger partial charge in [-0.15, -0.1) is 0 Å². The molecule has 5 aromatic rings. The van der Waals surface area contributed by atoms with Crippen molar-refractivity contribution < 1.29 is 14.3 Å². The molecule has 0 unspecified atom stereocenters. The van der Waals surface area contributed by atoms with Gasteiger partial charge in [0.25, 0.3) is 5.91 Å². The van der Waals surface area contributed by atoms with E-state index in [4.69, 9.17) is 4.74 Å². The number of carbonyl (C=O) groups excluding carboxylic acids is 2. The van der Waals surface area contributed by atoms with Gasteiger partial charge in [-0.25, -0.2) is 14.8 Å². The summed E-state index contributed by atoms with van der Waals surface area (Å²) in [5, 5.41) is 3.00. The number of nitrogens with one attached hydrogen (secondary N) is 3. The largest absolute Gasteiger partial charge is 0.445 e. The third kappa shape index (κ3) is 9.17. The molecule has 3 N–H and O–H groups in total. The molecule has 2 heterocycles. The second-order valence-corrected chi connectivity index (χ2v) is 12.0. The van der Waals surface area contributed by atoms with Gasteiger partial charge in [-0.3, -0.25) is 9.69 Å². The van der Waals surface area contributed by atoms with E-state index in [0.717, 1.165) is 54.0 Å². The average molecular weight is 632 g/mol. The Morgan fingerprint density at radius 2 is 1.34 bits per heavy atom. The van der Waals surface area contributed by atoms with Crippen LogP contribution in [0.2, 0.25) is 0 Å². The first-order valence-corrected chi connectivity index (χ1v) is 16.2. The highest BCUT2D eigenvalue weighted by Gasteiger charge is 2.27. The summed E-state index contributed by atoms with van der Waals surface area (Å²) in [6, 6.07) is 25.3. The third-order valence-corrected chi connectivity index (χ3v) is 8.50. The Morgan fingerprint density at radius 3 is 1.96 bits per heavy atom. The van der Waals surface area contributed by atoms with Crippen LogP contribution in [0.25, 0.3) is 0 Å². The molecule has 1 saturated carbocycles. The maximum atomic E-state index is 13.2. The van der Waals surface area contributed by atoms with Gasteiger partial charge in [0.2, 0.25) is 0 Å². The van der Waals surface area contributed by atoms with Crippen LogP contribution < -0.4 is 5.32 Å². The number of imidazole rings is 2. The molecule has 0 atom stereocenters. The summed E-state index contributed by atoms with van der Waals surface area (Å²) in [5.41, 5.74) is 4.31. The smallest absolute Gasteiger partial charge is 0.410 e. The van der Waals surface area contributed by atoms with Gasteiger partial charge in [0, 0.05) is 55.2 Å². The van der Waals surface area contributed by atoms with Crippen LogP contribution in [0.3, 0.4) is 0 Å². The third-order valence-electron chi connectivity index (χ3n) is 8.50. The van der Waals surface area contributed by atoms with Crippen LogP contribution in [-0.4, -0.2) is 47.8 Å². The van der Waals surface area contributed by atoms with Crippen molar-refractivity contribution in [2.75, 3.05) is 5.32 Å². The summed E-state index contributed by atoms with van der Waals surface area (Å²) in [6.07, 6.45) is 12.3. The van der Waals surface area contributed by atoms with Gasteiger partial charge >= 0.3 is 6.09 Å². The van der Waals surface area contributed by atoms with Crippen molar-refractivity contribution in [2.45, 2.75) is 70.9 Å². The molecule has 1 aliphatic carbocycles. The Labute approximate surface area is 275 Å². The van der Waals surface area contributed by atoms with E-state index in [1.807, 2.05) is 96.2 Å². The SMILES string of the molecule is O=C(Nc1ccc(CN(C(=O)OCc2ccccc2)C2CCCCC2)cc1)c1ccc(CN(Cc2ncc[nH]2)Cc2ncc[nH]2)cc1. The van der Waals surface area contributed by atoms with E-state index in [1.165, 1.54) is 6.42 Å². The van der Waals surface area contributed by atoms with Gasteiger partial charge in [0.15, 0.2) is 0 Å². The molecule has 0 bridgehead atoms. The highest BCUT2D eigenvalue weighted by Crippen LogP contribution is 2.26. The van der Waals surface area contributed by atoms with Gasteiger partial charge < -0.3 is 24.9 Å². The monoisotopic (exact) mass is 631 g/mol. The molecule has 6 rings (SSSR count). The lowest BCUT2D eigenvalue weighted by Gasteiger charge is -2.33. The van der Waals surface area contributed by atoms with E-state index in [9.17, 15) is 9.59 Å². The van der Waals surface area contributed by atoms with Crippen molar-refractivity contribution in [2.24, 2.45) is 0 Å². The van der Waals surface area contributed by atoms with Crippen LogP contribution in [0.15, 0.2) is 104 Å². The molecule has 10 nitrogen and oxygen atoms in total. The summed E-state index contributed by atoms with van der Waals surface area (Å²) in [6.45, 7) is 2.66. The Balaban J connectivity index is 1.05. The minimum atomic E-state index is -0.286. The fourth-order valence-electron chi connectivity index (χ4n) is 6.01. The number of aromatic amines is 2. The summed E-state index contributed by atoms with van der Waals surface area (Å²) in [5.74, 6) is 1.58. The standard InChI is InChI=1S/C37H41N7O3/c45-36(31-15-11-28(12-16-31)23-43(25-34-38-19-20-39-34)26-35-40-21-22-41-35)42-32-17-13-29(14-18-32)24-44(33-9-5-2-6-10-33)37(46)47-27-30-7-3-1-4-8-30/h1,3-4,7-8,11-22,33H,2,5-6,9-10,23-27H2,(H,38,39)(H,40,41)(H,42,45). The Morgan fingerprint density at radius 1 is 0.723 bits per heavy atom. The zero-order valence-corrected chi connectivity index (χ0v) is 26.5. The molecule has 0 radical (unpaired) electrons. The van der Waals surface area contributed by atoms with E-state index >= 15 is 0 Å². The molecule has 47 heavy (non-hydrogen) atoms. The molecule has 1 fully saturated rings. The lowest BCUT2D eigenvalue weighted by atomic mass is 9.94. The molecular formula is C37H41N7O3. The predicted molar refractivity (Wildman–Crippen MR) is 180 cm³/mol. The molecule has 2 amide bonds. The second kappa shape index (κ2) is 15.9. The van der Waals surface area contributed by atoms with Crippen LogP contribution in [0, 0.1) is 0 Å². The molecule has 0 saturated heterocycles.